The quantitative estimate of drug-likeness (QED) is 0.721. The molecule has 2 aliphatic rings. The van der Waals surface area contributed by atoms with Crippen LogP contribution in [0.4, 0.5) is 4.79 Å². The van der Waals surface area contributed by atoms with Crippen LogP contribution in [0.1, 0.15) is 19.8 Å². The van der Waals surface area contributed by atoms with E-state index in [1.807, 2.05) is 4.90 Å². The van der Waals surface area contributed by atoms with Gasteiger partial charge in [0.2, 0.25) is 0 Å². The van der Waals surface area contributed by atoms with Crippen LogP contribution in [0.2, 0.25) is 0 Å². The Bertz CT molecular complexity index is 365. The number of carboxylic acids is 1. The van der Waals surface area contributed by atoms with Gasteiger partial charge in [-0.2, -0.15) is 0 Å². The second-order valence-corrected chi connectivity index (χ2v) is 5.47. The SMILES string of the molecule is CC(C(=O)O)N1CCN(C(=O)N(CCO)C2CC2)CC1. The number of hydrogen-bond acceptors (Lipinski definition) is 4. The average molecular weight is 285 g/mol. The van der Waals surface area contributed by atoms with Crippen molar-refractivity contribution < 1.29 is 19.8 Å². The maximum absolute atomic E-state index is 12.4. The molecule has 2 rings (SSSR count). The number of amides is 2. The van der Waals surface area contributed by atoms with Gasteiger partial charge in [0.1, 0.15) is 6.04 Å². The lowest BCUT2D eigenvalue weighted by atomic mass is 10.2. The normalized spacial score (nSPS) is 21.6. The van der Waals surface area contributed by atoms with Crippen LogP contribution in [-0.2, 0) is 4.79 Å². The first kappa shape index (κ1) is 15.1. The lowest BCUT2D eigenvalue weighted by molar-refractivity contribution is -0.143. The van der Waals surface area contributed by atoms with Crippen LogP contribution >= 0.6 is 0 Å². The summed E-state index contributed by atoms with van der Waals surface area (Å²) in [7, 11) is 0. The zero-order chi connectivity index (χ0) is 14.7. The third-order valence-electron chi connectivity index (χ3n) is 4.06. The number of aliphatic hydroxyl groups is 1. The highest BCUT2D eigenvalue weighted by molar-refractivity contribution is 5.75. The summed E-state index contributed by atoms with van der Waals surface area (Å²) in [5.74, 6) is -0.829. The van der Waals surface area contributed by atoms with E-state index in [1.165, 1.54) is 0 Å². The molecule has 7 heteroatoms. The molecule has 7 nitrogen and oxygen atoms in total. The lowest BCUT2D eigenvalue weighted by Gasteiger charge is -2.38. The molecule has 2 N–H and O–H groups in total. The van der Waals surface area contributed by atoms with Gasteiger partial charge in [0, 0.05) is 38.8 Å². The minimum atomic E-state index is -0.829. The fourth-order valence-corrected chi connectivity index (χ4v) is 2.57. The summed E-state index contributed by atoms with van der Waals surface area (Å²) >= 11 is 0. The Labute approximate surface area is 118 Å². The van der Waals surface area contributed by atoms with Crippen LogP contribution in [0.25, 0.3) is 0 Å². The minimum absolute atomic E-state index is 0.0156. The van der Waals surface area contributed by atoms with Crippen molar-refractivity contribution >= 4 is 12.0 Å². The molecular formula is C13H23N3O4. The zero-order valence-corrected chi connectivity index (χ0v) is 11.9. The van der Waals surface area contributed by atoms with E-state index in [4.69, 9.17) is 10.2 Å². The van der Waals surface area contributed by atoms with Crippen LogP contribution in [0.5, 0.6) is 0 Å². The number of carboxylic acid groups (broad SMARTS) is 1. The Morgan fingerprint density at radius 1 is 1.25 bits per heavy atom. The van der Waals surface area contributed by atoms with Gasteiger partial charge >= 0.3 is 12.0 Å². The molecular weight excluding hydrogens is 262 g/mol. The molecule has 0 aromatic carbocycles. The smallest absolute Gasteiger partial charge is 0.320 e. The van der Waals surface area contributed by atoms with E-state index in [9.17, 15) is 9.59 Å². The molecule has 0 aromatic rings. The zero-order valence-electron chi connectivity index (χ0n) is 11.9. The molecule has 0 radical (unpaired) electrons. The molecule has 1 unspecified atom stereocenters. The molecule has 2 amide bonds. The number of carbonyl (C=O) groups excluding carboxylic acids is 1. The van der Waals surface area contributed by atoms with Gasteiger partial charge in [-0.3, -0.25) is 9.69 Å². The van der Waals surface area contributed by atoms with E-state index >= 15 is 0 Å². The number of piperazine rings is 1. The molecule has 1 saturated carbocycles. The maximum atomic E-state index is 12.4. The van der Waals surface area contributed by atoms with E-state index < -0.39 is 12.0 Å². The summed E-state index contributed by atoms with van der Waals surface area (Å²) in [4.78, 5) is 28.7. The molecule has 0 aromatic heterocycles. The van der Waals surface area contributed by atoms with Crippen molar-refractivity contribution in [1.29, 1.82) is 0 Å². The van der Waals surface area contributed by atoms with Gasteiger partial charge in [-0.1, -0.05) is 0 Å². The fourth-order valence-electron chi connectivity index (χ4n) is 2.57. The molecule has 114 valence electrons. The highest BCUT2D eigenvalue weighted by Gasteiger charge is 2.36. The third-order valence-corrected chi connectivity index (χ3v) is 4.06. The third kappa shape index (κ3) is 3.40. The van der Waals surface area contributed by atoms with Gasteiger partial charge < -0.3 is 20.0 Å². The van der Waals surface area contributed by atoms with Crippen LogP contribution in [-0.4, -0.2) is 88.3 Å². The van der Waals surface area contributed by atoms with E-state index in [0.717, 1.165) is 12.8 Å². The summed E-state index contributed by atoms with van der Waals surface area (Å²) in [6.45, 7) is 4.29. The van der Waals surface area contributed by atoms with Crippen LogP contribution in [0.15, 0.2) is 0 Å². The van der Waals surface area contributed by atoms with Crippen molar-refractivity contribution in [2.45, 2.75) is 31.8 Å². The minimum Gasteiger partial charge on any atom is -0.480 e. The van der Waals surface area contributed by atoms with E-state index in [0.29, 0.717) is 32.7 Å². The molecule has 20 heavy (non-hydrogen) atoms. The van der Waals surface area contributed by atoms with Crippen molar-refractivity contribution in [3.05, 3.63) is 0 Å². The van der Waals surface area contributed by atoms with Crippen molar-refractivity contribution in [1.82, 2.24) is 14.7 Å². The molecule has 1 aliphatic carbocycles. The predicted molar refractivity (Wildman–Crippen MR) is 72.5 cm³/mol. The van der Waals surface area contributed by atoms with Gasteiger partial charge in [-0.15, -0.1) is 0 Å². The maximum Gasteiger partial charge on any atom is 0.320 e. The van der Waals surface area contributed by atoms with Gasteiger partial charge in [-0.25, -0.2) is 4.79 Å². The van der Waals surface area contributed by atoms with E-state index in [1.54, 1.807) is 16.7 Å². The Morgan fingerprint density at radius 3 is 2.30 bits per heavy atom. The number of urea groups is 1. The van der Waals surface area contributed by atoms with Crippen LogP contribution in [0.3, 0.4) is 0 Å². The number of hydrogen-bond donors (Lipinski definition) is 2. The van der Waals surface area contributed by atoms with Gasteiger partial charge in [-0.05, 0) is 19.8 Å². The van der Waals surface area contributed by atoms with Gasteiger partial charge in [0.05, 0.1) is 6.61 Å². The number of nitrogens with zero attached hydrogens (tertiary/aromatic N) is 3. The number of carbonyl (C=O) groups is 2. The van der Waals surface area contributed by atoms with E-state index in [-0.39, 0.29) is 18.7 Å². The highest BCUT2D eigenvalue weighted by Crippen LogP contribution is 2.27. The largest absolute Gasteiger partial charge is 0.480 e. The van der Waals surface area contributed by atoms with Crippen LogP contribution in [0, 0.1) is 0 Å². The second kappa shape index (κ2) is 6.41. The molecule has 1 aliphatic heterocycles. The summed E-state index contributed by atoms with van der Waals surface area (Å²) in [5, 5.41) is 18.0. The Hall–Kier alpha value is -1.34. The summed E-state index contributed by atoms with van der Waals surface area (Å²) in [6, 6.07) is -0.251. The van der Waals surface area contributed by atoms with Gasteiger partial charge in [0.25, 0.3) is 0 Å². The summed E-state index contributed by atoms with van der Waals surface area (Å²) in [6.07, 6.45) is 2.03. The van der Waals surface area contributed by atoms with Crippen molar-refractivity contribution in [3.8, 4) is 0 Å². The number of aliphatic carboxylic acids is 1. The first-order chi connectivity index (χ1) is 9.54. The van der Waals surface area contributed by atoms with Crippen LogP contribution < -0.4 is 0 Å². The van der Waals surface area contributed by atoms with Crippen molar-refractivity contribution in [3.63, 3.8) is 0 Å². The summed E-state index contributed by atoms with van der Waals surface area (Å²) < 4.78 is 0. The Kier molecular flexibility index (Phi) is 4.82. The monoisotopic (exact) mass is 285 g/mol. The molecule has 0 spiro atoms. The number of aliphatic hydroxyl groups excluding tert-OH is 1. The van der Waals surface area contributed by atoms with E-state index in [2.05, 4.69) is 0 Å². The van der Waals surface area contributed by atoms with Crippen molar-refractivity contribution in [2.24, 2.45) is 0 Å². The summed E-state index contributed by atoms with van der Waals surface area (Å²) in [5.41, 5.74) is 0. The predicted octanol–water partition coefficient (Wildman–Crippen LogP) is -0.346. The first-order valence-electron chi connectivity index (χ1n) is 7.18. The Morgan fingerprint density at radius 2 is 1.85 bits per heavy atom. The standard InChI is InChI=1S/C13H23N3O4/c1-10(12(18)19)14-4-6-15(7-5-14)13(20)16(8-9-17)11-2-3-11/h10-11,17H,2-9H2,1H3,(H,18,19). The number of rotatable bonds is 5. The average Bonchev–Trinajstić information content (AvgIpc) is 3.28. The molecule has 1 saturated heterocycles. The molecule has 1 atom stereocenters. The molecule has 1 heterocycles. The molecule has 0 bridgehead atoms. The highest BCUT2D eigenvalue weighted by atomic mass is 16.4. The topological polar surface area (TPSA) is 84.3 Å². The van der Waals surface area contributed by atoms with Gasteiger partial charge in [0.15, 0.2) is 0 Å². The Balaban J connectivity index is 1.86. The molecule has 2 fully saturated rings. The first-order valence-corrected chi connectivity index (χ1v) is 7.18. The fraction of sp³-hybridized carbons (Fsp3) is 0.846. The van der Waals surface area contributed by atoms with Crippen molar-refractivity contribution in [2.75, 3.05) is 39.3 Å². The lowest BCUT2D eigenvalue weighted by Crippen LogP contribution is -2.56. The second-order valence-electron chi connectivity index (χ2n) is 5.47.